The predicted molar refractivity (Wildman–Crippen MR) is 88.6 cm³/mol. The first-order chi connectivity index (χ1) is 11.1. The van der Waals surface area contributed by atoms with Crippen LogP contribution >= 0.6 is 23.2 Å². The minimum absolute atomic E-state index is 0.301. The Bertz CT molecular complexity index is 812. The second-order valence-corrected chi connectivity index (χ2v) is 5.71. The van der Waals surface area contributed by atoms with Gasteiger partial charge in [-0.3, -0.25) is 0 Å². The van der Waals surface area contributed by atoms with Gasteiger partial charge in [-0.2, -0.15) is 0 Å². The molecule has 3 rings (SSSR count). The van der Waals surface area contributed by atoms with Crippen molar-refractivity contribution in [3.63, 3.8) is 0 Å². The SMILES string of the molecule is COC(=O)c1c(Cl)c(-c2cccnc2Cl)n2c1C=C(OC)CC2. The first-order valence-electron chi connectivity index (χ1n) is 6.94. The Balaban J connectivity index is 2.31. The van der Waals surface area contributed by atoms with E-state index in [1.807, 2.05) is 10.6 Å². The van der Waals surface area contributed by atoms with Crippen molar-refractivity contribution in [2.45, 2.75) is 13.0 Å². The van der Waals surface area contributed by atoms with E-state index in [0.29, 0.717) is 45.7 Å². The molecule has 23 heavy (non-hydrogen) atoms. The molecule has 120 valence electrons. The third kappa shape index (κ3) is 2.60. The van der Waals surface area contributed by atoms with Crippen LogP contribution in [0.15, 0.2) is 24.1 Å². The largest absolute Gasteiger partial charge is 0.501 e. The fraction of sp³-hybridized carbons (Fsp3) is 0.250. The summed E-state index contributed by atoms with van der Waals surface area (Å²) in [4.78, 5) is 16.3. The lowest BCUT2D eigenvalue weighted by atomic mass is 10.1. The molecule has 0 amide bonds. The Kier molecular flexibility index (Phi) is 4.33. The number of esters is 1. The molecule has 7 heteroatoms. The van der Waals surface area contributed by atoms with E-state index in [1.54, 1.807) is 25.4 Å². The molecule has 0 saturated carbocycles. The van der Waals surface area contributed by atoms with Crippen LogP contribution in [-0.2, 0) is 16.0 Å². The molecular formula is C16H14Cl2N2O3. The molecule has 0 radical (unpaired) electrons. The second-order valence-electron chi connectivity index (χ2n) is 4.97. The molecule has 1 aliphatic rings. The monoisotopic (exact) mass is 352 g/mol. The van der Waals surface area contributed by atoms with Crippen LogP contribution in [-0.4, -0.2) is 29.7 Å². The summed E-state index contributed by atoms with van der Waals surface area (Å²) < 4.78 is 12.1. The van der Waals surface area contributed by atoms with Gasteiger partial charge in [-0.1, -0.05) is 23.2 Å². The third-order valence-electron chi connectivity index (χ3n) is 3.79. The summed E-state index contributed by atoms with van der Waals surface area (Å²) in [5.74, 6) is 0.277. The van der Waals surface area contributed by atoms with E-state index in [2.05, 4.69) is 4.98 Å². The fourth-order valence-corrected chi connectivity index (χ4v) is 3.30. The van der Waals surface area contributed by atoms with Gasteiger partial charge in [0.2, 0.25) is 0 Å². The Morgan fingerprint density at radius 1 is 1.35 bits per heavy atom. The maximum atomic E-state index is 12.2. The molecule has 0 unspecified atom stereocenters. The number of hydrogen-bond acceptors (Lipinski definition) is 4. The van der Waals surface area contributed by atoms with E-state index in [1.165, 1.54) is 7.11 Å². The summed E-state index contributed by atoms with van der Waals surface area (Å²) in [6, 6.07) is 3.59. The number of aromatic nitrogens is 2. The number of pyridine rings is 1. The van der Waals surface area contributed by atoms with Crippen LogP contribution < -0.4 is 0 Å². The van der Waals surface area contributed by atoms with E-state index in [-0.39, 0.29) is 0 Å². The molecule has 3 heterocycles. The zero-order valence-electron chi connectivity index (χ0n) is 12.6. The number of ether oxygens (including phenoxy) is 2. The highest BCUT2D eigenvalue weighted by molar-refractivity contribution is 6.38. The normalized spacial score (nSPS) is 13.3. The van der Waals surface area contributed by atoms with Crippen LogP contribution in [0, 0.1) is 0 Å². The number of hydrogen-bond donors (Lipinski definition) is 0. The van der Waals surface area contributed by atoms with Crippen LogP contribution in [0.4, 0.5) is 0 Å². The number of rotatable bonds is 3. The number of carbonyl (C=O) groups is 1. The minimum atomic E-state index is -0.501. The van der Waals surface area contributed by atoms with Gasteiger partial charge >= 0.3 is 5.97 Å². The molecule has 1 aliphatic heterocycles. The standard InChI is InChI=1S/C16H14Cl2N2O3/c1-22-9-5-7-20-11(8-9)12(16(21)23-2)13(17)14(20)10-4-3-6-19-15(10)18/h3-4,6,8H,5,7H2,1-2H3. The van der Waals surface area contributed by atoms with Crippen LogP contribution in [0.5, 0.6) is 0 Å². The molecule has 0 aliphatic carbocycles. The topological polar surface area (TPSA) is 53.3 Å². The molecule has 0 fully saturated rings. The molecule has 2 aromatic rings. The number of fused-ring (bicyclic) bond motifs is 1. The summed E-state index contributed by atoms with van der Waals surface area (Å²) in [7, 11) is 2.92. The van der Waals surface area contributed by atoms with Crippen molar-refractivity contribution in [2.24, 2.45) is 0 Å². The predicted octanol–water partition coefficient (Wildman–Crippen LogP) is 4.03. The van der Waals surface area contributed by atoms with E-state index in [9.17, 15) is 4.79 Å². The van der Waals surface area contributed by atoms with Gasteiger partial charge in [0.25, 0.3) is 0 Å². The number of nitrogens with zero attached hydrogens (tertiary/aromatic N) is 2. The maximum absolute atomic E-state index is 12.2. The molecule has 0 saturated heterocycles. The zero-order chi connectivity index (χ0) is 16.6. The lowest BCUT2D eigenvalue weighted by Gasteiger charge is -2.18. The molecular weight excluding hydrogens is 339 g/mol. The van der Waals surface area contributed by atoms with Gasteiger partial charge in [0.05, 0.1) is 36.4 Å². The Morgan fingerprint density at radius 3 is 2.78 bits per heavy atom. The smallest absolute Gasteiger partial charge is 0.341 e. The van der Waals surface area contributed by atoms with Crippen molar-refractivity contribution >= 4 is 35.2 Å². The van der Waals surface area contributed by atoms with Crippen LogP contribution in [0.25, 0.3) is 17.3 Å². The van der Waals surface area contributed by atoms with Crippen LogP contribution in [0.3, 0.4) is 0 Å². The fourth-order valence-electron chi connectivity index (χ4n) is 2.72. The van der Waals surface area contributed by atoms with Gasteiger partial charge in [-0.15, -0.1) is 0 Å². The van der Waals surface area contributed by atoms with Crippen molar-refractivity contribution in [1.29, 1.82) is 0 Å². The van der Waals surface area contributed by atoms with Crippen molar-refractivity contribution in [2.75, 3.05) is 14.2 Å². The van der Waals surface area contributed by atoms with Gasteiger partial charge in [0, 0.05) is 30.8 Å². The summed E-state index contributed by atoms with van der Waals surface area (Å²) in [6.45, 7) is 0.617. The lowest BCUT2D eigenvalue weighted by Crippen LogP contribution is -2.12. The van der Waals surface area contributed by atoms with Crippen LogP contribution in [0.2, 0.25) is 10.2 Å². The second kappa shape index (κ2) is 6.26. The van der Waals surface area contributed by atoms with Gasteiger partial charge in [-0.05, 0) is 12.1 Å². The highest BCUT2D eigenvalue weighted by Gasteiger charge is 2.30. The highest BCUT2D eigenvalue weighted by Crippen LogP contribution is 2.41. The van der Waals surface area contributed by atoms with Gasteiger partial charge in [0.15, 0.2) is 0 Å². The number of carbonyl (C=O) groups excluding carboxylic acids is 1. The molecule has 0 aromatic carbocycles. The lowest BCUT2D eigenvalue weighted by molar-refractivity contribution is 0.0600. The summed E-state index contributed by atoms with van der Waals surface area (Å²) in [6.07, 6.45) is 4.10. The average molecular weight is 353 g/mol. The van der Waals surface area contributed by atoms with Crippen molar-refractivity contribution in [3.05, 3.63) is 45.5 Å². The molecule has 5 nitrogen and oxygen atoms in total. The molecule has 0 atom stereocenters. The maximum Gasteiger partial charge on any atom is 0.341 e. The average Bonchev–Trinajstić information content (AvgIpc) is 2.85. The summed E-state index contributed by atoms with van der Waals surface area (Å²) in [5.41, 5.74) is 2.29. The molecule has 0 N–H and O–H groups in total. The van der Waals surface area contributed by atoms with E-state index in [4.69, 9.17) is 32.7 Å². The van der Waals surface area contributed by atoms with Crippen molar-refractivity contribution < 1.29 is 14.3 Å². The number of halogens is 2. The van der Waals surface area contributed by atoms with E-state index in [0.717, 1.165) is 5.76 Å². The zero-order valence-corrected chi connectivity index (χ0v) is 14.1. The van der Waals surface area contributed by atoms with Crippen molar-refractivity contribution in [1.82, 2.24) is 9.55 Å². The van der Waals surface area contributed by atoms with Crippen LogP contribution in [0.1, 0.15) is 22.5 Å². The third-order valence-corrected chi connectivity index (χ3v) is 4.46. The number of allylic oxidation sites excluding steroid dienone is 1. The minimum Gasteiger partial charge on any atom is -0.501 e. The summed E-state index contributed by atoms with van der Waals surface area (Å²) >= 11 is 12.7. The van der Waals surface area contributed by atoms with Gasteiger partial charge < -0.3 is 14.0 Å². The Hall–Kier alpha value is -1.98. The summed E-state index contributed by atoms with van der Waals surface area (Å²) in [5, 5.41) is 0.628. The number of methoxy groups -OCH3 is 2. The van der Waals surface area contributed by atoms with E-state index < -0.39 is 5.97 Å². The van der Waals surface area contributed by atoms with Gasteiger partial charge in [0.1, 0.15) is 10.7 Å². The van der Waals surface area contributed by atoms with Crippen molar-refractivity contribution in [3.8, 4) is 11.3 Å². The quantitative estimate of drug-likeness (QED) is 0.617. The molecule has 2 aromatic heterocycles. The first kappa shape index (κ1) is 15.9. The molecule has 0 bridgehead atoms. The Labute approximate surface area is 143 Å². The highest BCUT2D eigenvalue weighted by atomic mass is 35.5. The Morgan fingerprint density at radius 2 is 2.13 bits per heavy atom. The van der Waals surface area contributed by atoms with Gasteiger partial charge in [-0.25, -0.2) is 9.78 Å². The molecule has 0 spiro atoms. The van der Waals surface area contributed by atoms with E-state index >= 15 is 0 Å². The first-order valence-corrected chi connectivity index (χ1v) is 7.69.